The Bertz CT molecular complexity index is 1050. The van der Waals surface area contributed by atoms with Crippen molar-refractivity contribution in [2.24, 2.45) is 0 Å². The summed E-state index contributed by atoms with van der Waals surface area (Å²) >= 11 is 11.9. The number of nitrogens with one attached hydrogen (secondary N) is 1. The highest BCUT2D eigenvalue weighted by Gasteiger charge is 2.22. The molecule has 1 N–H and O–H groups in total. The molecule has 12 heteroatoms. The van der Waals surface area contributed by atoms with Crippen LogP contribution in [0.25, 0.3) is 6.08 Å². The van der Waals surface area contributed by atoms with Crippen LogP contribution < -0.4 is 14.8 Å². The number of nitro groups is 1. The van der Waals surface area contributed by atoms with Crippen LogP contribution >= 0.6 is 23.2 Å². The first-order valence-corrected chi connectivity index (χ1v) is 8.62. The van der Waals surface area contributed by atoms with E-state index in [-0.39, 0.29) is 27.0 Å². The molecule has 8 nitrogen and oxygen atoms in total. The van der Waals surface area contributed by atoms with E-state index in [0.29, 0.717) is 6.07 Å². The quantitative estimate of drug-likeness (QED) is 0.269. The lowest BCUT2D eigenvalue weighted by Crippen LogP contribution is -2.14. The number of rotatable bonds is 7. The summed E-state index contributed by atoms with van der Waals surface area (Å²) in [5, 5.41) is 23.2. The molecule has 2 aromatic carbocycles. The van der Waals surface area contributed by atoms with Crippen LogP contribution in [0.5, 0.6) is 11.5 Å². The molecule has 0 bridgehead atoms. The van der Waals surface area contributed by atoms with Gasteiger partial charge in [-0.05, 0) is 24.3 Å². The van der Waals surface area contributed by atoms with Crippen molar-refractivity contribution in [2.45, 2.75) is 6.61 Å². The Morgan fingerprint density at radius 2 is 1.93 bits per heavy atom. The lowest BCUT2D eigenvalue weighted by atomic mass is 10.1. The molecule has 2 aromatic rings. The Balaban J connectivity index is 2.51. The van der Waals surface area contributed by atoms with Gasteiger partial charge in [-0.25, -0.2) is 0 Å². The normalized spacial score (nSPS) is 11.0. The molecule has 0 aromatic heterocycles. The van der Waals surface area contributed by atoms with Crippen LogP contribution in [0, 0.1) is 21.4 Å². The van der Waals surface area contributed by atoms with E-state index >= 15 is 0 Å². The zero-order valence-electron chi connectivity index (χ0n) is 15.0. The fraction of sp³-hybridized carbons (Fsp3) is 0.111. The standard InChI is InChI=1S/C18H11Cl2F2N3O5/c1-29-14-6-9(13(25(27)28)7-15(14)30-18(21)22)5-10(8-23)17(26)24-16-11(19)3-2-4-12(16)20/h2-7,18H,1H3,(H,24,26)/b10-5+. The van der Waals surface area contributed by atoms with E-state index in [2.05, 4.69) is 10.1 Å². The lowest BCUT2D eigenvalue weighted by Gasteiger charge is -2.11. The average molecular weight is 458 g/mol. The second-order valence-electron chi connectivity index (χ2n) is 5.42. The molecule has 0 aliphatic rings. The minimum atomic E-state index is -3.25. The number of carbonyl (C=O) groups excluding carboxylic acids is 1. The molecule has 0 atom stereocenters. The van der Waals surface area contributed by atoms with Crippen molar-refractivity contribution in [2.75, 3.05) is 12.4 Å². The number of para-hydroxylation sites is 1. The van der Waals surface area contributed by atoms with Crippen LogP contribution in [0.3, 0.4) is 0 Å². The number of methoxy groups -OCH3 is 1. The highest BCUT2D eigenvalue weighted by atomic mass is 35.5. The molecule has 30 heavy (non-hydrogen) atoms. The van der Waals surface area contributed by atoms with Crippen molar-refractivity contribution in [3.8, 4) is 17.6 Å². The first-order chi connectivity index (χ1) is 14.2. The topological polar surface area (TPSA) is 114 Å². The molecule has 0 saturated heterocycles. The number of alkyl halides is 2. The monoisotopic (exact) mass is 457 g/mol. The lowest BCUT2D eigenvalue weighted by molar-refractivity contribution is -0.385. The van der Waals surface area contributed by atoms with Crippen molar-refractivity contribution in [3.63, 3.8) is 0 Å². The predicted octanol–water partition coefficient (Wildman–Crippen LogP) is 5.06. The number of benzene rings is 2. The second-order valence-corrected chi connectivity index (χ2v) is 6.23. The molecule has 0 aliphatic heterocycles. The van der Waals surface area contributed by atoms with Gasteiger partial charge in [-0.2, -0.15) is 14.0 Å². The van der Waals surface area contributed by atoms with Crippen LogP contribution in [0.2, 0.25) is 10.0 Å². The van der Waals surface area contributed by atoms with Crippen LogP contribution in [-0.4, -0.2) is 24.6 Å². The number of nitriles is 1. The Morgan fingerprint density at radius 1 is 1.30 bits per heavy atom. The smallest absolute Gasteiger partial charge is 0.387 e. The van der Waals surface area contributed by atoms with Crippen molar-refractivity contribution in [1.29, 1.82) is 5.26 Å². The summed E-state index contributed by atoms with van der Waals surface area (Å²) in [7, 11) is 1.13. The molecule has 0 unspecified atom stereocenters. The number of hydrogen-bond acceptors (Lipinski definition) is 6. The number of anilines is 1. The SMILES string of the molecule is COc1cc(/C=C(\C#N)C(=O)Nc2c(Cl)cccc2Cl)c([N+](=O)[O-])cc1OC(F)F. The molecular formula is C18H11Cl2F2N3O5. The predicted molar refractivity (Wildman–Crippen MR) is 105 cm³/mol. The van der Waals surface area contributed by atoms with Crippen molar-refractivity contribution < 1.29 is 28.0 Å². The summed E-state index contributed by atoms with van der Waals surface area (Å²) in [6, 6.07) is 7.75. The average Bonchev–Trinajstić information content (AvgIpc) is 2.68. The van der Waals surface area contributed by atoms with E-state index in [1.807, 2.05) is 0 Å². The number of ether oxygens (including phenoxy) is 2. The zero-order valence-corrected chi connectivity index (χ0v) is 16.5. The van der Waals surface area contributed by atoms with Gasteiger partial charge in [0.15, 0.2) is 11.5 Å². The van der Waals surface area contributed by atoms with Gasteiger partial charge in [0, 0.05) is 0 Å². The van der Waals surface area contributed by atoms with Crippen molar-refractivity contribution >= 4 is 46.6 Å². The van der Waals surface area contributed by atoms with Gasteiger partial charge < -0.3 is 14.8 Å². The highest BCUT2D eigenvalue weighted by molar-refractivity contribution is 6.40. The van der Waals surface area contributed by atoms with Gasteiger partial charge in [-0.15, -0.1) is 0 Å². The summed E-state index contributed by atoms with van der Waals surface area (Å²) in [6.45, 7) is -3.25. The van der Waals surface area contributed by atoms with Gasteiger partial charge in [-0.3, -0.25) is 14.9 Å². The van der Waals surface area contributed by atoms with Crippen molar-refractivity contribution in [3.05, 3.63) is 61.6 Å². The number of amides is 1. The maximum atomic E-state index is 12.5. The number of nitro benzene ring substituents is 1. The molecule has 0 aliphatic carbocycles. The minimum Gasteiger partial charge on any atom is -0.493 e. The summed E-state index contributed by atoms with van der Waals surface area (Å²) in [5.74, 6) is -1.80. The van der Waals surface area contributed by atoms with Gasteiger partial charge in [0.1, 0.15) is 11.6 Å². The molecule has 0 fully saturated rings. The van der Waals surface area contributed by atoms with Gasteiger partial charge in [-0.1, -0.05) is 29.3 Å². The largest absolute Gasteiger partial charge is 0.493 e. The molecule has 0 saturated carbocycles. The van der Waals surface area contributed by atoms with Gasteiger partial charge in [0.2, 0.25) is 0 Å². The van der Waals surface area contributed by atoms with Crippen molar-refractivity contribution in [1.82, 2.24) is 0 Å². The first-order valence-electron chi connectivity index (χ1n) is 7.86. The number of hydrogen-bond donors (Lipinski definition) is 1. The van der Waals surface area contributed by atoms with Crippen LogP contribution in [0.1, 0.15) is 5.56 Å². The van der Waals surface area contributed by atoms with E-state index in [0.717, 1.165) is 19.3 Å². The molecule has 0 spiro atoms. The number of carbonyl (C=O) groups is 1. The molecule has 2 rings (SSSR count). The van der Waals surface area contributed by atoms with Gasteiger partial charge >= 0.3 is 6.61 Å². The Kier molecular flexibility index (Phi) is 7.52. The third kappa shape index (κ3) is 5.34. The highest BCUT2D eigenvalue weighted by Crippen LogP contribution is 2.37. The van der Waals surface area contributed by atoms with E-state index in [1.54, 1.807) is 12.1 Å². The molecule has 156 valence electrons. The van der Waals surface area contributed by atoms with Gasteiger partial charge in [0.05, 0.1) is 39.4 Å². The summed E-state index contributed by atoms with van der Waals surface area (Å²) in [4.78, 5) is 22.9. The zero-order chi connectivity index (χ0) is 22.4. The molecular weight excluding hydrogens is 447 g/mol. The van der Waals surface area contributed by atoms with E-state index in [4.69, 9.17) is 27.9 Å². The second kappa shape index (κ2) is 9.87. The maximum absolute atomic E-state index is 12.5. The fourth-order valence-corrected chi connectivity index (χ4v) is 2.78. The Morgan fingerprint density at radius 3 is 2.43 bits per heavy atom. The Hall–Kier alpha value is -3.42. The first kappa shape index (κ1) is 22.9. The number of halogens is 4. The number of nitrogens with zero attached hydrogens (tertiary/aromatic N) is 2. The maximum Gasteiger partial charge on any atom is 0.387 e. The van der Waals surface area contributed by atoms with Crippen LogP contribution in [-0.2, 0) is 4.79 Å². The molecule has 0 radical (unpaired) electrons. The third-order valence-electron chi connectivity index (χ3n) is 3.59. The van der Waals surface area contributed by atoms with Gasteiger partial charge in [0.25, 0.3) is 11.6 Å². The van der Waals surface area contributed by atoms with Crippen LogP contribution in [0.4, 0.5) is 20.2 Å². The molecule has 1 amide bonds. The van der Waals surface area contributed by atoms with E-state index < -0.39 is 34.5 Å². The summed E-state index contributed by atoms with van der Waals surface area (Å²) in [6.07, 6.45) is 0.896. The summed E-state index contributed by atoms with van der Waals surface area (Å²) in [5.41, 5.74) is -1.45. The Labute approximate surface area is 178 Å². The van der Waals surface area contributed by atoms with Crippen LogP contribution in [0.15, 0.2) is 35.9 Å². The third-order valence-corrected chi connectivity index (χ3v) is 4.22. The minimum absolute atomic E-state index is 0.0414. The summed E-state index contributed by atoms with van der Waals surface area (Å²) < 4.78 is 34.2. The fourth-order valence-electron chi connectivity index (χ4n) is 2.29. The van der Waals surface area contributed by atoms with E-state index in [1.165, 1.54) is 12.1 Å². The molecule has 0 heterocycles. The van der Waals surface area contributed by atoms with E-state index in [9.17, 15) is 29.0 Å².